The zero-order valence-corrected chi connectivity index (χ0v) is 20.9. The van der Waals surface area contributed by atoms with Crippen molar-refractivity contribution in [1.29, 1.82) is 0 Å². The Kier molecular flexibility index (Phi) is 5.41. The molecule has 2 N–H and O–H groups in total. The van der Waals surface area contributed by atoms with Gasteiger partial charge in [0, 0.05) is 46.2 Å². The maximum absolute atomic E-state index is 12.1. The van der Waals surface area contributed by atoms with Crippen molar-refractivity contribution in [2.75, 3.05) is 13.1 Å². The summed E-state index contributed by atoms with van der Waals surface area (Å²) in [4.78, 5) is 14.0. The van der Waals surface area contributed by atoms with Crippen LogP contribution in [0.15, 0.2) is 49.3 Å². The van der Waals surface area contributed by atoms with Crippen molar-refractivity contribution < 1.29 is 4.79 Å². The third-order valence-corrected chi connectivity index (χ3v) is 7.76. The van der Waals surface area contributed by atoms with E-state index in [1.54, 1.807) is 0 Å². The van der Waals surface area contributed by atoms with E-state index in [2.05, 4.69) is 56.8 Å². The van der Waals surface area contributed by atoms with E-state index in [4.69, 9.17) is 16.7 Å². The maximum Gasteiger partial charge on any atom is 0.245 e. The predicted molar refractivity (Wildman–Crippen MR) is 142 cm³/mol. The average Bonchev–Trinajstić information content (AvgIpc) is 3.63. The number of hydrogen-bond acceptors (Lipinski definition) is 4. The number of fused-ring (bicyclic) bond motifs is 2. The van der Waals surface area contributed by atoms with Gasteiger partial charge < -0.3 is 4.90 Å². The minimum Gasteiger partial charge on any atom is -0.339 e. The van der Waals surface area contributed by atoms with Gasteiger partial charge in [0.05, 0.1) is 34.5 Å². The summed E-state index contributed by atoms with van der Waals surface area (Å²) in [5.74, 6) is -0.0197. The average molecular weight is 500 g/mol. The number of likely N-dealkylation sites (tertiary alicyclic amines) is 1. The molecule has 36 heavy (non-hydrogen) atoms. The van der Waals surface area contributed by atoms with E-state index in [0.717, 1.165) is 68.3 Å². The van der Waals surface area contributed by atoms with Crippen LogP contribution in [-0.4, -0.2) is 54.1 Å². The van der Waals surface area contributed by atoms with Crippen molar-refractivity contribution >= 4 is 39.3 Å². The molecule has 9 heteroatoms. The normalized spacial score (nSPS) is 14.7. The first kappa shape index (κ1) is 22.5. The summed E-state index contributed by atoms with van der Waals surface area (Å²) in [6.45, 7) is 9.09. The van der Waals surface area contributed by atoms with Gasteiger partial charge in [-0.3, -0.25) is 19.7 Å². The van der Waals surface area contributed by atoms with Crippen molar-refractivity contribution in [3.63, 3.8) is 0 Å². The number of aryl methyl sites for hydroxylation is 1. The molecular formula is C27H26ClN7O. The topological polar surface area (TPSA) is 95.5 Å². The van der Waals surface area contributed by atoms with Crippen LogP contribution in [0.25, 0.3) is 44.2 Å². The van der Waals surface area contributed by atoms with Gasteiger partial charge in [-0.25, -0.2) is 0 Å². The highest BCUT2D eigenvalue weighted by molar-refractivity contribution is 6.36. The van der Waals surface area contributed by atoms with E-state index in [1.807, 2.05) is 30.3 Å². The highest BCUT2D eigenvalue weighted by Gasteiger charge is 2.29. The minimum atomic E-state index is -0.0197. The number of carbonyl (C=O) groups is 1. The van der Waals surface area contributed by atoms with Gasteiger partial charge in [-0.1, -0.05) is 30.3 Å². The van der Waals surface area contributed by atoms with Crippen molar-refractivity contribution in [1.82, 2.24) is 35.1 Å². The van der Waals surface area contributed by atoms with Gasteiger partial charge in [0.1, 0.15) is 5.69 Å². The van der Waals surface area contributed by atoms with Crippen molar-refractivity contribution in [3.05, 3.63) is 65.6 Å². The molecule has 0 saturated carbocycles. The fourth-order valence-corrected chi connectivity index (χ4v) is 5.62. The molecule has 1 aliphatic rings. The minimum absolute atomic E-state index is 0.0197. The number of nitrogens with zero attached hydrogens (tertiary/aromatic N) is 5. The largest absolute Gasteiger partial charge is 0.339 e. The second-order valence-electron chi connectivity index (χ2n) is 9.40. The number of benzene rings is 2. The van der Waals surface area contributed by atoms with Crippen LogP contribution in [0.1, 0.15) is 30.1 Å². The van der Waals surface area contributed by atoms with Crippen molar-refractivity contribution in [2.45, 2.75) is 32.7 Å². The molecular weight excluding hydrogens is 474 g/mol. The first-order valence-electron chi connectivity index (χ1n) is 12.0. The quantitative estimate of drug-likeness (QED) is 0.315. The summed E-state index contributed by atoms with van der Waals surface area (Å²) in [6.07, 6.45) is 6.67. The molecule has 1 aliphatic heterocycles. The molecule has 0 atom stereocenters. The Labute approximate surface area is 212 Å². The molecule has 0 spiro atoms. The van der Waals surface area contributed by atoms with Gasteiger partial charge in [-0.15, -0.1) is 0 Å². The van der Waals surface area contributed by atoms with Gasteiger partial charge in [0.15, 0.2) is 0 Å². The lowest BCUT2D eigenvalue weighted by atomic mass is 9.94. The number of halogens is 1. The van der Waals surface area contributed by atoms with Crippen LogP contribution in [0.4, 0.5) is 0 Å². The Balaban J connectivity index is 1.54. The van der Waals surface area contributed by atoms with Gasteiger partial charge in [-0.05, 0) is 50.5 Å². The zero-order chi connectivity index (χ0) is 25.0. The summed E-state index contributed by atoms with van der Waals surface area (Å²) in [7, 11) is 0. The molecule has 1 saturated heterocycles. The summed E-state index contributed by atoms with van der Waals surface area (Å²) in [5, 5.41) is 22.5. The molecule has 3 aromatic heterocycles. The number of aromatic nitrogens is 6. The molecule has 6 rings (SSSR count). The molecule has 0 unspecified atom stereocenters. The third kappa shape index (κ3) is 3.52. The summed E-state index contributed by atoms with van der Waals surface area (Å²) < 4.78 is 2.13. The maximum atomic E-state index is 12.1. The van der Waals surface area contributed by atoms with Crippen LogP contribution < -0.4 is 0 Å². The number of amides is 1. The molecule has 2 aromatic carbocycles. The zero-order valence-electron chi connectivity index (χ0n) is 20.2. The van der Waals surface area contributed by atoms with Crippen LogP contribution in [0.2, 0.25) is 5.02 Å². The first-order chi connectivity index (χ1) is 17.5. The van der Waals surface area contributed by atoms with Gasteiger partial charge in [0.2, 0.25) is 5.91 Å². The number of H-pyrrole nitrogens is 2. The summed E-state index contributed by atoms with van der Waals surface area (Å²) in [6, 6.07) is 8.41. The second-order valence-corrected chi connectivity index (χ2v) is 9.78. The van der Waals surface area contributed by atoms with E-state index in [0.29, 0.717) is 18.1 Å². The lowest BCUT2D eigenvalue weighted by Gasteiger charge is -2.32. The number of rotatable bonds is 4. The third-order valence-electron chi connectivity index (χ3n) is 7.28. The summed E-state index contributed by atoms with van der Waals surface area (Å²) >= 11 is 6.99. The van der Waals surface area contributed by atoms with Crippen LogP contribution >= 0.6 is 11.6 Å². The molecule has 182 valence electrons. The number of carbonyl (C=O) groups excluding carboxylic acids is 1. The molecule has 1 fully saturated rings. The molecule has 0 bridgehead atoms. The van der Waals surface area contributed by atoms with E-state index in [9.17, 15) is 4.79 Å². The lowest BCUT2D eigenvalue weighted by molar-refractivity contribution is -0.127. The molecule has 0 radical (unpaired) electrons. The van der Waals surface area contributed by atoms with E-state index in [-0.39, 0.29) is 11.9 Å². The molecule has 4 heterocycles. The number of aromatic amines is 2. The predicted octanol–water partition coefficient (Wildman–Crippen LogP) is 5.59. The Hall–Kier alpha value is -3.91. The fraction of sp³-hybridized carbons (Fsp3) is 0.259. The molecule has 0 aliphatic carbocycles. The van der Waals surface area contributed by atoms with E-state index < -0.39 is 0 Å². The highest BCUT2D eigenvalue weighted by atomic mass is 35.5. The standard InChI is InChI=1S/C27H26ClN7O/c1-4-23(36)34-9-7-19(8-10-34)35-16(3)24(25-20-14-30-32-22(20)11-15(2)26(25)28)27(33-35)17-5-6-18-13-29-31-21(18)12-17/h4-6,11-14,19H,1,7-10H2,2-3H3,(H,29,31)(H,30,32). The fourth-order valence-electron chi connectivity index (χ4n) is 5.36. The Bertz CT molecular complexity index is 1630. The van der Waals surface area contributed by atoms with E-state index in [1.165, 1.54) is 6.08 Å². The van der Waals surface area contributed by atoms with E-state index >= 15 is 0 Å². The van der Waals surface area contributed by atoms with Crippen molar-refractivity contribution in [3.8, 4) is 22.4 Å². The highest BCUT2D eigenvalue weighted by Crippen LogP contribution is 2.44. The molecule has 5 aromatic rings. The van der Waals surface area contributed by atoms with Crippen LogP contribution in [-0.2, 0) is 4.79 Å². The van der Waals surface area contributed by atoms with Crippen LogP contribution in [0.5, 0.6) is 0 Å². The Morgan fingerprint density at radius 1 is 1.08 bits per heavy atom. The Morgan fingerprint density at radius 2 is 1.83 bits per heavy atom. The van der Waals surface area contributed by atoms with Crippen LogP contribution in [0.3, 0.4) is 0 Å². The van der Waals surface area contributed by atoms with Gasteiger partial charge >= 0.3 is 0 Å². The van der Waals surface area contributed by atoms with Crippen LogP contribution in [0, 0.1) is 13.8 Å². The van der Waals surface area contributed by atoms with Gasteiger partial charge in [0.25, 0.3) is 0 Å². The molecule has 8 nitrogen and oxygen atoms in total. The number of piperidine rings is 1. The number of nitrogens with one attached hydrogen (secondary N) is 2. The number of hydrogen-bond donors (Lipinski definition) is 2. The monoisotopic (exact) mass is 499 g/mol. The lowest BCUT2D eigenvalue weighted by Crippen LogP contribution is -2.38. The second kappa shape index (κ2) is 8.64. The smallest absolute Gasteiger partial charge is 0.245 e. The summed E-state index contributed by atoms with van der Waals surface area (Å²) in [5.41, 5.74) is 7.68. The SMILES string of the molecule is C=CC(=O)N1CCC(n2nc(-c3ccc4cn[nH]c4c3)c(-c3c(Cl)c(C)cc4[nH]ncc34)c2C)CC1. The first-order valence-corrected chi connectivity index (χ1v) is 12.4. The van der Waals surface area contributed by atoms with Crippen molar-refractivity contribution in [2.24, 2.45) is 0 Å². The molecule has 1 amide bonds. The van der Waals surface area contributed by atoms with Gasteiger partial charge in [-0.2, -0.15) is 15.3 Å². The Morgan fingerprint density at radius 3 is 2.61 bits per heavy atom.